The van der Waals surface area contributed by atoms with Crippen molar-refractivity contribution < 1.29 is 38.0 Å². The van der Waals surface area contributed by atoms with Gasteiger partial charge in [0.2, 0.25) is 0 Å². The lowest BCUT2D eigenvalue weighted by Gasteiger charge is -2.26. The van der Waals surface area contributed by atoms with Crippen LogP contribution in [0, 0.1) is 0 Å². The minimum absolute atomic E-state index is 0.311. The number of rotatable bonds is 14. The third-order valence-electron chi connectivity index (χ3n) is 8.66. The molecular formula is C40H42N4O8. The highest BCUT2D eigenvalue weighted by molar-refractivity contribution is 6.29. The van der Waals surface area contributed by atoms with Crippen molar-refractivity contribution >= 4 is 33.7 Å². The van der Waals surface area contributed by atoms with Crippen LogP contribution in [0.3, 0.4) is 0 Å². The molecule has 0 spiro atoms. The summed E-state index contributed by atoms with van der Waals surface area (Å²) < 4.78 is 34.0. The molecule has 0 aliphatic carbocycles. The van der Waals surface area contributed by atoms with Gasteiger partial charge in [0.05, 0.1) is 14.2 Å². The Balaban J connectivity index is 1.11. The topological polar surface area (TPSA) is 128 Å². The number of likely N-dealkylation sites (N-methyl/N-ethyl adjacent to an activating group) is 2. The number of carbonyl (C=O) groups excluding carboxylic acids is 2. The molecule has 0 saturated carbocycles. The quantitative estimate of drug-likeness (QED) is 0.0702. The number of carbonyl (C=O) groups is 2. The van der Waals surface area contributed by atoms with E-state index in [1.54, 1.807) is 52.2 Å². The number of aromatic nitrogens is 2. The van der Waals surface area contributed by atoms with E-state index >= 15 is 0 Å². The van der Waals surface area contributed by atoms with E-state index in [9.17, 15) is 9.59 Å². The second kappa shape index (κ2) is 15.9. The molecule has 2 aromatic heterocycles. The number of nitrogens with zero attached hydrogens (tertiary/aromatic N) is 2. The summed E-state index contributed by atoms with van der Waals surface area (Å²) in [4.78, 5) is 36.4. The average molecular weight is 707 g/mol. The van der Waals surface area contributed by atoms with E-state index in [4.69, 9.17) is 28.4 Å². The molecule has 270 valence electrons. The SMILES string of the molecule is COc1ccc(Oc2ccc3[nH]cc(CC(OC(=O)C(=O)OC(Cc4c[nH]c5ccc(Oc6ccc(OC)cc6)cc45)N(C)C)N(C)C)c3c2)cc1. The van der Waals surface area contributed by atoms with Crippen LogP contribution in [0.4, 0.5) is 0 Å². The molecule has 2 unspecified atom stereocenters. The molecule has 2 atom stereocenters. The molecule has 52 heavy (non-hydrogen) atoms. The lowest BCUT2D eigenvalue weighted by molar-refractivity contribution is -0.182. The van der Waals surface area contributed by atoms with Gasteiger partial charge in [0, 0.05) is 47.0 Å². The molecule has 12 nitrogen and oxygen atoms in total. The summed E-state index contributed by atoms with van der Waals surface area (Å²) in [7, 11) is 10.3. The van der Waals surface area contributed by atoms with Crippen molar-refractivity contribution in [3.63, 3.8) is 0 Å². The molecule has 6 aromatic rings. The van der Waals surface area contributed by atoms with Crippen LogP contribution in [0.1, 0.15) is 11.1 Å². The third kappa shape index (κ3) is 8.48. The highest BCUT2D eigenvalue weighted by atomic mass is 16.6. The van der Waals surface area contributed by atoms with Gasteiger partial charge in [-0.2, -0.15) is 0 Å². The van der Waals surface area contributed by atoms with Gasteiger partial charge in [-0.1, -0.05) is 0 Å². The van der Waals surface area contributed by atoms with Crippen LogP contribution in [-0.2, 0) is 31.9 Å². The Morgan fingerprint density at radius 3 is 1.23 bits per heavy atom. The summed E-state index contributed by atoms with van der Waals surface area (Å²) in [6, 6.07) is 26.1. The summed E-state index contributed by atoms with van der Waals surface area (Å²) in [6.07, 6.45) is 2.85. The summed E-state index contributed by atoms with van der Waals surface area (Å²) in [5.74, 6) is 1.94. The molecule has 0 aliphatic heterocycles. The number of hydrogen-bond acceptors (Lipinski definition) is 10. The van der Waals surface area contributed by atoms with Crippen molar-refractivity contribution in [3.05, 3.63) is 108 Å². The smallest absolute Gasteiger partial charge is 0.419 e. The predicted octanol–water partition coefficient (Wildman–Crippen LogP) is 6.90. The fourth-order valence-corrected chi connectivity index (χ4v) is 5.72. The second-order valence-corrected chi connectivity index (χ2v) is 12.7. The minimum Gasteiger partial charge on any atom is -0.497 e. The Labute approximate surface area is 301 Å². The van der Waals surface area contributed by atoms with Crippen LogP contribution >= 0.6 is 0 Å². The molecule has 0 saturated heterocycles. The second-order valence-electron chi connectivity index (χ2n) is 12.7. The van der Waals surface area contributed by atoms with E-state index in [1.807, 2.05) is 97.3 Å². The molecular weight excluding hydrogens is 664 g/mol. The largest absolute Gasteiger partial charge is 0.497 e. The molecule has 2 N–H and O–H groups in total. The van der Waals surface area contributed by atoms with Crippen LogP contribution in [0.15, 0.2) is 97.3 Å². The van der Waals surface area contributed by atoms with Crippen LogP contribution in [0.2, 0.25) is 0 Å². The number of benzene rings is 4. The summed E-state index contributed by atoms with van der Waals surface area (Å²) >= 11 is 0. The maximum atomic E-state index is 13.2. The first kappa shape index (κ1) is 35.8. The van der Waals surface area contributed by atoms with E-state index in [0.29, 0.717) is 35.8 Å². The van der Waals surface area contributed by atoms with Gasteiger partial charge in [-0.15, -0.1) is 0 Å². The molecule has 0 fully saturated rings. The first-order valence-corrected chi connectivity index (χ1v) is 16.7. The first-order valence-electron chi connectivity index (χ1n) is 16.7. The maximum Gasteiger partial charge on any atom is 0.419 e. The van der Waals surface area contributed by atoms with Gasteiger partial charge in [-0.3, -0.25) is 9.80 Å². The molecule has 0 amide bonds. The van der Waals surface area contributed by atoms with Gasteiger partial charge in [-0.05, 0) is 124 Å². The van der Waals surface area contributed by atoms with Crippen LogP contribution < -0.4 is 18.9 Å². The third-order valence-corrected chi connectivity index (χ3v) is 8.66. The Kier molecular flexibility index (Phi) is 11.0. The minimum atomic E-state index is -1.08. The highest BCUT2D eigenvalue weighted by Crippen LogP contribution is 2.31. The Hall–Kier alpha value is -5.98. The molecule has 2 heterocycles. The number of esters is 2. The van der Waals surface area contributed by atoms with Gasteiger partial charge in [0.1, 0.15) is 34.5 Å². The van der Waals surface area contributed by atoms with Gasteiger partial charge in [0.25, 0.3) is 0 Å². The van der Waals surface area contributed by atoms with Crippen molar-refractivity contribution in [1.82, 2.24) is 19.8 Å². The molecule has 6 rings (SSSR count). The van der Waals surface area contributed by atoms with Crippen LogP contribution in [-0.4, -0.2) is 86.6 Å². The monoisotopic (exact) mass is 706 g/mol. The van der Waals surface area contributed by atoms with E-state index in [1.165, 1.54) is 0 Å². The van der Waals surface area contributed by atoms with Crippen molar-refractivity contribution in [1.29, 1.82) is 0 Å². The molecule has 0 bridgehead atoms. The fourth-order valence-electron chi connectivity index (χ4n) is 5.72. The summed E-state index contributed by atoms with van der Waals surface area (Å²) in [5, 5.41) is 1.81. The standard InChI is InChI=1S/C40H42N4O8/c1-43(2)37(19-25-23-41-35-17-15-31(21-33(25)35)49-29-11-7-27(47-5)8-12-29)51-39(45)40(46)52-38(44(3)4)20-26-24-42-36-18-16-32(22-34(26)36)50-30-13-9-28(48-6)10-14-30/h7-18,21-24,37-38,41-42H,19-20H2,1-6H3. The highest BCUT2D eigenvalue weighted by Gasteiger charge is 2.29. The zero-order valence-electron chi connectivity index (χ0n) is 30.0. The molecule has 0 radical (unpaired) electrons. The van der Waals surface area contributed by atoms with Crippen molar-refractivity contribution in [2.24, 2.45) is 0 Å². The Bertz CT molecular complexity index is 1980. The zero-order chi connectivity index (χ0) is 36.8. The lowest BCUT2D eigenvalue weighted by atomic mass is 10.1. The summed E-state index contributed by atoms with van der Waals surface area (Å²) in [6.45, 7) is 0. The number of aromatic amines is 2. The van der Waals surface area contributed by atoms with E-state index < -0.39 is 24.4 Å². The summed E-state index contributed by atoms with van der Waals surface area (Å²) in [5.41, 5.74) is 3.56. The predicted molar refractivity (Wildman–Crippen MR) is 197 cm³/mol. The number of methoxy groups -OCH3 is 2. The fraction of sp³-hybridized carbons (Fsp3) is 0.250. The van der Waals surface area contributed by atoms with E-state index in [-0.39, 0.29) is 0 Å². The van der Waals surface area contributed by atoms with Crippen molar-refractivity contribution in [2.75, 3.05) is 42.4 Å². The van der Waals surface area contributed by atoms with Crippen molar-refractivity contribution in [3.8, 4) is 34.5 Å². The molecule has 12 heteroatoms. The number of fused-ring (bicyclic) bond motifs is 2. The average Bonchev–Trinajstić information content (AvgIpc) is 3.74. The number of nitrogens with one attached hydrogen (secondary N) is 2. The van der Waals surface area contributed by atoms with Crippen LogP contribution in [0.25, 0.3) is 21.8 Å². The van der Waals surface area contributed by atoms with Crippen molar-refractivity contribution in [2.45, 2.75) is 25.3 Å². The number of H-pyrrole nitrogens is 2. The van der Waals surface area contributed by atoms with E-state index in [0.717, 1.165) is 44.4 Å². The number of ether oxygens (including phenoxy) is 6. The Morgan fingerprint density at radius 1 is 0.538 bits per heavy atom. The van der Waals surface area contributed by atoms with Crippen LogP contribution in [0.5, 0.6) is 34.5 Å². The molecule has 4 aromatic carbocycles. The number of hydrogen-bond donors (Lipinski definition) is 2. The normalized spacial score (nSPS) is 12.5. The lowest BCUT2D eigenvalue weighted by Crippen LogP contribution is -2.40. The van der Waals surface area contributed by atoms with Gasteiger partial charge >= 0.3 is 11.9 Å². The van der Waals surface area contributed by atoms with Gasteiger partial charge < -0.3 is 38.4 Å². The van der Waals surface area contributed by atoms with Gasteiger partial charge in [-0.25, -0.2) is 9.59 Å². The maximum absolute atomic E-state index is 13.2. The van der Waals surface area contributed by atoms with E-state index in [2.05, 4.69) is 9.97 Å². The first-order chi connectivity index (χ1) is 25.1. The molecule has 0 aliphatic rings. The zero-order valence-corrected chi connectivity index (χ0v) is 30.0. The Morgan fingerprint density at radius 2 is 0.885 bits per heavy atom. The van der Waals surface area contributed by atoms with Gasteiger partial charge in [0.15, 0.2) is 12.5 Å².